The molecule has 6 nitrogen and oxygen atoms in total. The zero-order valence-electron chi connectivity index (χ0n) is 14.8. The molecule has 0 aromatic carbocycles. The average molecular weight is 340 g/mol. The minimum atomic E-state index is -1.18. The molecule has 0 aromatic rings. The maximum Gasteiger partial charge on any atom is 0.250 e. The van der Waals surface area contributed by atoms with Gasteiger partial charge in [-0.15, -0.1) is 0 Å². The molecule has 2 atom stereocenters. The molecule has 1 heterocycles. The molecule has 24 heavy (non-hydrogen) atoms. The Morgan fingerprint density at radius 3 is 2.50 bits per heavy atom. The molecular formula is C18H32N2O4. The second kappa shape index (κ2) is 9.99. The summed E-state index contributed by atoms with van der Waals surface area (Å²) in [5.41, 5.74) is 0. The van der Waals surface area contributed by atoms with Gasteiger partial charge >= 0.3 is 0 Å². The summed E-state index contributed by atoms with van der Waals surface area (Å²) in [5, 5.41) is 13.2. The number of nitrogens with zero attached hydrogens (tertiary/aromatic N) is 1. The summed E-state index contributed by atoms with van der Waals surface area (Å²) in [6, 6.07) is -0.517. The van der Waals surface area contributed by atoms with Gasteiger partial charge in [0.25, 0.3) is 5.91 Å². The molecule has 0 radical (unpaired) electrons. The molecule has 0 aromatic heterocycles. The molecule has 2 fully saturated rings. The second-order valence-electron chi connectivity index (χ2n) is 7.29. The van der Waals surface area contributed by atoms with Crippen molar-refractivity contribution in [1.29, 1.82) is 0 Å². The highest BCUT2D eigenvalue weighted by molar-refractivity contribution is 5.81. The summed E-state index contributed by atoms with van der Waals surface area (Å²) in [6.45, 7) is 4.37. The number of hydrogen-bond donors (Lipinski definition) is 2. The van der Waals surface area contributed by atoms with E-state index in [1.165, 1.54) is 19.3 Å². The van der Waals surface area contributed by atoms with Gasteiger partial charge in [-0.25, -0.2) is 0 Å². The lowest BCUT2D eigenvalue weighted by Gasteiger charge is -2.33. The van der Waals surface area contributed by atoms with E-state index in [0.29, 0.717) is 24.9 Å². The molecule has 1 aliphatic carbocycles. The van der Waals surface area contributed by atoms with E-state index >= 15 is 0 Å². The SMILES string of the molecule is CC(C(O)C(=O)NCC1CCCCC1)N(C=O)CC1CCOCC1. The van der Waals surface area contributed by atoms with Gasteiger partial charge in [0.15, 0.2) is 6.10 Å². The highest BCUT2D eigenvalue weighted by atomic mass is 16.5. The zero-order chi connectivity index (χ0) is 17.4. The quantitative estimate of drug-likeness (QED) is 0.653. The van der Waals surface area contributed by atoms with Crippen LogP contribution in [0.1, 0.15) is 51.9 Å². The molecule has 2 aliphatic rings. The predicted molar refractivity (Wildman–Crippen MR) is 91.4 cm³/mol. The van der Waals surface area contributed by atoms with Crippen molar-refractivity contribution in [1.82, 2.24) is 10.2 Å². The van der Waals surface area contributed by atoms with E-state index in [9.17, 15) is 14.7 Å². The molecule has 2 N–H and O–H groups in total. The van der Waals surface area contributed by atoms with Gasteiger partial charge in [-0.3, -0.25) is 9.59 Å². The lowest BCUT2D eigenvalue weighted by Crippen LogP contribution is -2.51. The number of amides is 2. The van der Waals surface area contributed by atoms with E-state index in [4.69, 9.17) is 4.74 Å². The minimum absolute atomic E-state index is 0.369. The van der Waals surface area contributed by atoms with Crippen LogP contribution in [0.3, 0.4) is 0 Å². The van der Waals surface area contributed by atoms with Crippen molar-refractivity contribution in [3.63, 3.8) is 0 Å². The van der Waals surface area contributed by atoms with Crippen LogP contribution in [0.2, 0.25) is 0 Å². The third-order valence-electron chi connectivity index (χ3n) is 5.48. The van der Waals surface area contributed by atoms with Crippen LogP contribution in [-0.2, 0) is 14.3 Å². The van der Waals surface area contributed by atoms with Crippen LogP contribution in [0.5, 0.6) is 0 Å². The molecular weight excluding hydrogens is 308 g/mol. The van der Waals surface area contributed by atoms with Crippen LogP contribution in [0.4, 0.5) is 0 Å². The summed E-state index contributed by atoms with van der Waals surface area (Å²) in [5.74, 6) is 0.533. The summed E-state index contributed by atoms with van der Waals surface area (Å²) in [7, 11) is 0. The van der Waals surface area contributed by atoms with Crippen molar-refractivity contribution < 1.29 is 19.4 Å². The van der Waals surface area contributed by atoms with Crippen LogP contribution in [-0.4, -0.2) is 60.8 Å². The third kappa shape index (κ3) is 5.74. The van der Waals surface area contributed by atoms with Gasteiger partial charge in [0.1, 0.15) is 0 Å². The van der Waals surface area contributed by atoms with Crippen LogP contribution in [0, 0.1) is 11.8 Å². The number of nitrogens with one attached hydrogen (secondary N) is 1. The highest BCUT2D eigenvalue weighted by Gasteiger charge is 2.29. The van der Waals surface area contributed by atoms with E-state index < -0.39 is 12.1 Å². The minimum Gasteiger partial charge on any atom is -0.381 e. The lowest BCUT2D eigenvalue weighted by atomic mass is 9.89. The first-order valence-corrected chi connectivity index (χ1v) is 9.36. The third-order valence-corrected chi connectivity index (χ3v) is 5.48. The van der Waals surface area contributed by atoms with E-state index in [0.717, 1.165) is 45.3 Å². The predicted octanol–water partition coefficient (Wildman–Crippen LogP) is 1.32. The Morgan fingerprint density at radius 1 is 1.21 bits per heavy atom. The van der Waals surface area contributed by atoms with Gasteiger partial charge < -0.3 is 20.1 Å². The number of aliphatic hydroxyl groups excluding tert-OH is 1. The van der Waals surface area contributed by atoms with E-state index in [-0.39, 0.29) is 5.91 Å². The first-order chi connectivity index (χ1) is 11.6. The van der Waals surface area contributed by atoms with Gasteiger partial charge in [0.2, 0.25) is 6.41 Å². The van der Waals surface area contributed by atoms with Crippen molar-refractivity contribution in [2.45, 2.75) is 64.0 Å². The molecule has 2 unspecified atom stereocenters. The fourth-order valence-corrected chi connectivity index (χ4v) is 3.67. The second-order valence-corrected chi connectivity index (χ2v) is 7.29. The fraction of sp³-hybridized carbons (Fsp3) is 0.889. The Morgan fingerprint density at radius 2 is 1.88 bits per heavy atom. The van der Waals surface area contributed by atoms with E-state index in [2.05, 4.69) is 5.32 Å². The normalized spacial score (nSPS) is 22.6. The van der Waals surface area contributed by atoms with Crippen molar-refractivity contribution in [2.24, 2.45) is 11.8 Å². The van der Waals surface area contributed by atoms with Crippen molar-refractivity contribution in [3.05, 3.63) is 0 Å². The molecule has 1 aliphatic heterocycles. The first-order valence-electron chi connectivity index (χ1n) is 9.36. The Bertz CT molecular complexity index is 392. The topological polar surface area (TPSA) is 78.9 Å². The summed E-state index contributed by atoms with van der Waals surface area (Å²) in [6.07, 6.45) is 7.43. The molecule has 1 saturated heterocycles. The lowest BCUT2D eigenvalue weighted by molar-refractivity contribution is -0.136. The molecule has 138 valence electrons. The summed E-state index contributed by atoms with van der Waals surface area (Å²) < 4.78 is 5.33. The standard InChI is InChI=1S/C18H32N2O4/c1-14(20(13-21)12-16-7-9-24-10-8-16)17(22)18(23)19-11-15-5-3-2-4-6-15/h13-17,22H,2-12H2,1H3,(H,19,23). The van der Waals surface area contributed by atoms with Crippen LogP contribution in [0.15, 0.2) is 0 Å². The monoisotopic (exact) mass is 340 g/mol. The number of hydrogen-bond acceptors (Lipinski definition) is 4. The van der Waals surface area contributed by atoms with Gasteiger partial charge in [0, 0.05) is 26.3 Å². The van der Waals surface area contributed by atoms with Crippen molar-refractivity contribution in [3.8, 4) is 0 Å². The Balaban J connectivity index is 1.77. The maximum absolute atomic E-state index is 12.2. The first kappa shape index (κ1) is 19.2. The summed E-state index contributed by atoms with van der Waals surface area (Å²) in [4.78, 5) is 25.2. The summed E-state index contributed by atoms with van der Waals surface area (Å²) >= 11 is 0. The molecule has 1 saturated carbocycles. The smallest absolute Gasteiger partial charge is 0.250 e. The largest absolute Gasteiger partial charge is 0.381 e. The molecule has 0 spiro atoms. The van der Waals surface area contributed by atoms with Gasteiger partial charge in [-0.2, -0.15) is 0 Å². The highest BCUT2D eigenvalue weighted by Crippen LogP contribution is 2.23. The molecule has 0 bridgehead atoms. The van der Waals surface area contributed by atoms with Gasteiger partial charge in [-0.05, 0) is 44.4 Å². The molecule has 6 heteroatoms. The Hall–Kier alpha value is -1.14. The molecule has 2 amide bonds. The molecule has 2 rings (SSSR count). The maximum atomic E-state index is 12.2. The van der Waals surface area contributed by atoms with E-state index in [1.54, 1.807) is 11.8 Å². The van der Waals surface area contributed by atoms with Gasteiger partial charge in [-0.1, -0.05) is 19.3 Å². The average Bonchev–Trinajstić information content (AvgIpc) is 2.64. The van der Waals surface area contributed by atoms with Crippen molar-refractivity contribution >= 4 is 12.3 Å². The van der Waals surface area contributed by atoms with Gasteiger partial charge in [0.05, 0.1) is 6.04 Å². The number of carbonyl (C=O) groups is 2. The number of carbonyl (C=O) groups excluding carboxylic acids is 2. The zero-order valence-corrected chi connectivity index (χ0v) is 14.8. The van der Waals surface area contributed by atoms with Crippen LogP contribution >= 0.6 is 0 Å². The van der Waals surface area contributed by atoms with E-state index in [1.807, 2.05) is 0 Å². The number of rotatable bonds is 8. The number of ether oxygens (including phenoxy) is 1. The fourth-order valence-electron chi connectivity index (χ4n) is 3.67. The Kier molecular flexibility index (Phi) is 7.99. The van der Waals surface area contributed by atoms with Crippen molar-refractivity contribution in [2.75, 3.05) is 26.3 Å². The van der Waals surface area contributed by atoms with Crippen LogP contribution in [0.25, 0.3) is 0 Å². The number of aliphatic hydroxyl groups is 1. The Labute approximate surface area is 144 Å². The van der Waals surface area contributed by atoms with Crippen LogP contribution < -0.4 is 5.32 Å².